The topological polar surface area (TPSA) is 97.8 Å². The highest BCUT2D eigenvalue weighted by atomic mass is 79.9. The summed E-state index contributed by atoms with van der Waals surface area (Å²) >= 11 is 3.57. The Morgan fingerprint density at radius 3 is 3.09 bits per heavy atom. The van der Waals surface area contributed by atoms with Crippen molar-refractivity contribution in [2.75, 3.05) is 32.5 Å². The largest absolute Gasteiger partial charge is 0.382 e. The molecule has 1 amide bonds. The van der Waals surface area contributed by atoms with Crippen molar-refractivity contribution in [3.8, 4) is 0 Å². The molecule has 2 aromatic heterocycles. The highest BCUT2D eigenvalue weighted by Gasteiger charge is 2.24. The molecule has 3 N–H and O–H groups in total. The molecule has 0 bridgehead atoms. The van der Waals surface area contributed by atoms with Crippen LogP contribution in [0, 0.1) is 0 Å². The van der Waals surface area contributed by atoms with Crippen LogP contribution in [0.15, 0.2) is 10.8 Å². The number of aromatic nitrogens is 3. The van der Waals surface area contributed by atoms with Crippen molar-refractivity contribution in [2.24, 2.45) is 0 Å². The summed E-state index contributed by atoms with van der Waals surface area (Å²) in [6.45, 7) is 2.84. The molecule has 22 heavy (non-hydrogen) atoms. The van der Waals surface area contributed by atoms with Crippen LogP contribution >= 0.6 is 15.9 Å². The molecule has 8 nitrogen and oxygen atoms in total. The number of nitrogens with zero attached hydrogens (tertiary/aromatic N) is 4. The van der Waals surface area contributed by atoms with Crippen LogP contribution in [0.1, 0.15) is 11.3 Å². The summed E-state index contributed by atoms with van der Waals surface area (Å²) in [5.74, 6) is 0.440. The van der Waals surface area contributed by atoms with E-state index in [2.05, 4.69) is 36.2 Å². The molecule has 0 atom stereocenters. The molecule has 1 aliphatic rings. The second-order valence-corrected chi connectivity index (χ2v) is 5.93. The molecule has 1 aliphatic heterocycles. The Morgan fingerprint density at radius 2 is 2.36 bits per heavy atom. The quantitative estimate of drug-likeness (QED) is 0.797. The zero-order chi connectivity index (χ0) is 15.7. The van der Waals surface area contributed by atoms with Crippen molar-refractivity contribution in [3.63, 3.8) is 0 Å². The van der Waals surface area contributed by atoms with Gasteiger partial charge in [0.25, 0.3) is 0 Å². The van der Waals surface area contributed by atoms with Crippen LogP contribution in [-0.2, 0) is 22.7 Å². The zero-order valence-corrected chi connectivity index (χ0v) is 13.8. The van der Waals surface area contributed by atoms with Gasteiger partial charge in [-0.2, -0.15) is 5.10 Å². The van der Waals surface area contributed by atoms with E-state index < -0.39 is 0 Å². The van der Waals surface area contributed by atoms with E-state index in [1.165, 1.54) is 6.33 Å². The van der Waals surface area contributed by atoms with Gasteiger partial charge in [-0.1, -0.05) is 0 Å². The predicted molar refractivity (Wildman–Crippen MR) is 84.1 cm³/mol. The van der Waals surface area contributed by atoms with Crippen LogP contribution in [0.3, 0.4) is 0 Å². The van der Waals surface area contributed by atoms with Crippen LogP contribution in [0.5, 0.6) is 0 Å². The van der Waals surface area contributed by atoms with Crippen molar-refractivity contribution >= 4 is 33.2 Å². The second-order valence-electron chi connectivity index (χ2n) is 5.14. The Hall–Kier alpha value is -1.71. The number of anilines is 1. The highest BCUT2D eigenvalue weighted by molar-refractivity contribution is 9.10. The number of amides is 1. The minimum absolute atomic E-state index is 0.0357. The molecule has 1 saturated heterocycles. The molecule has 0 radical (unpaired) electrons. The van der Waals surface area contributed by atoms with Gasteiger partial charge in [0.1, 0.15) is 11.8 Å². The van der Waals surface area contributed by atoms with Gasteiger partial charge in [-0.3, -0.25) is 9.69 Å². The fraction of sp³-hybridized carbons (Fsp3) is 0.462. The van der Waals surface area contributed by atoms with Crippen LogP contribution in [0.25, 0.3) is 5.52 Å². The van der Waals surface area contributed by atoms with E-state index in [4.69, 9.17) is 10.5 Å². The number of hydrogen-bond acceptors (Lipinski definition) is 6. The molecule has 0 spiro atoms. The van der Waals surface area contributed by atoms with Gasteiger partial charge in [-0.15, -0.1) is 0 Å². The van der Waals surface area contributed by atoms with Gasteiger partial charge in [0, 0.05) is 32.3 Å². The summed E-state index contributed by atoms with van der Waals surface area (Å²) in [6, 6.07) is 0. The standard InChI is InChI=1S/C13H17BrN6O2/c1-22-6-8-9(4-19-3-2-16-10(21)5-19)20-12(11(8)14)13(15)17-7-18-20/h7H,2-6H2,1H3,(H,16,21)(H2,15,17,18). The van der Waals surface area contributed by atoms with Gasteiger partial charge < -0.3 is 15.8 Å². The molecular formula is C13H17BrN6O2. The van der Waals surface area contributed by atoms with Gasteiger partial charge in [0.2, 0.25) is 5.91 Å². The lowest BCUT2D eigenvalue weighted by Gasteiger charge is -2.26. The molecule has 3 rings (SSSR count). The van der Waals surface area contributed by atoms with Gasteiger partial charge in [-0.05, 0) is 15.9 Å². The molecule has 1 fully saturated rings. The molecule has 0 aromatic carbocycles. The second kappa shape index (κ2) is 6.19. The fourth-order valence-corrected chi connectivity index (χ4v) is 3.38. The number of carbonyl (C=O) groups excluding carboxylic acids is 1. The number of nitrogen functional groups attached to an aromatic ring is 1. The van der Waals surface area contributed by atoms with E-state index in [1.807, 2.05) is 0 Å². The lowest BCUT2D eigenvalue weighted by Crippen LogP contribution is -2.47. The third-order valence-electron chi connectivity index (χ3n) is 3.67. The first-order valence-corrected chi connectivity index (χ1v) is 7.67. The molecule has 2 aromatic rings. The number of piperazine rings is 1. The third-order valence-corrected chi connectivity index (χ3v) is 4.53. The smallest absolute Gasteiger partial charge is 0.234 e. The van der Waals surface area contributed by atoms with E-state index >= 15 is 0 Å². The molecule has 9 heteroatoms. The summed E-state index contributed by atoms with van der Waals surface area (Å²) in [4.78, 5) is 17.7. The normalized spacial score (nSPS) is 16.2. The fourth-order valence-electron chi connectivity index (χ4n) is 2.67. The number of nitrogens with two attached hydrogens (primary N) is 1. The number of fused-ring (bicyclic) bond motifs is 1. The van der Waals surface area contributed by atoms with E-state index in [0.717, 1.165) is 27.8 Å². The van der Waals surface area contributed by atoms with E-state index in [9.17, 15) is 4.79 Å². The first-order valence-electron chi connectivity index (χ1n) is 6.88. The minimum atomic E-state index is 0.0357. The lowest BCUT2D eigenvalue weighted by molar-refractivity contribution is -0.124. The summed E-state index contributed by atoms with van der Waals surface area (Å²) in [7, 11) is 1.64. The SMILES string of the molecule is COCc1c(Br)c2c(N)ncnn2c1CN1CCNC(=O)C1. The van der Waals surface area contributed by atoms with E-state index in [0.29, 0.717) is 32.1 Å². The molecule has 3 heterocycles. The van der Waals surface area contributed by atoms with Gasteiger partial charge in [0.05, 0.1) is 23.3 Å². The average molecular weight is 369 g/mol. The minimum Gasteiger partial charge on any atom is -0.382 e. The highest BCUT2D eigenvalue weighted by Crippen LogP contribution is 2.32. The third kappa shape index (κ3) is 2.67. The van der Waals surface area contributed by atoms with Crippen molar-refractivity contribution in [1.29, 1.82) is 0 Å². The Balaban J connectivity index is 2.04. The lowest BCUT2D eigenvalue weighted by atomic mass is 10.2. The molecule has 0 unspecified atom stereocenters. The maximum atomic E-state index is 11.6. The molecule has 0 aliphatic carbocycles. The number of nitrogens with one attached hydrogen (secondary N) is 1. The summed E-state index contributed by atoms with van der Waals surface area (Å²) in [5, 5.41) is 7.13. The van der Waals surface area contributed by atoms with Gasteiger partial charge in [0.15, 0.2) is 5.82 Å². The van der Waals surface area contributed by atoms with Crippen LogP contribution in [0.2, 0.25) is 0 Å². The van der Waals surface area contributed by atoms with Gasteiger partial charge >= 0.3 is 0 Å². The number of carbonyl (C=O) groups is 1. The van der Waals surface area contributed by atoms with Crippen molar-refractivity contribution in [3.05, 3.63) is 22.1 Å². The molecule has 118 valence electrons. The zero-order valence-electron chi connectivity index (χ0n) is 12.2. The molecular weight excluding hydrogens is 352 g/mol. The maximum absolute atomic E-state index is 11.6. The van der Waals surface area contributed by atoms with Crippen LogP contribution in [0.4, 0.5) is 5.82 Å². The number of halogens is 1. The monoisotopic (exact) mass is 368 g/mol. The Bertz CT molecular complexity index is 716. The first-order chi connectivity index (χ1) is 10.6. The Morgan fingerprint density at radius 1 is 1.55 bits per heavy atom. The van der Waals surface area contributed by atoms with Crippen molar-refractivity contribution < 1.29 is 9.53 Å². The van der Waals surface area contributed by atoms with Crippen LogP contribution in [-0.4, -0.2) is 52.1 Å². The number of rotatable bonds is 4. The first kappa shape index (κ1) is 15.2. The van der Waals surface area contributed by atoms with Crippen molar-refractivity contribution in [2.45, 2.75) is 13.2 Å². The van der Waals surface area contributed by atoms with E-state index in [1.54, 1.807) is 11.6 Å². The Kier molecular flexibility index (Phi) is 4.27. The summed E-state index contributed by atoms with van der Waals surface area (Å²) in [6.07, 6.45) is 1.43. The molecule has 0 saturated carbocycles. The number of methoxy groups -OCH3 is 1. The number of hydrogen-bond donors (Lipinski definition) is 2. The van der Waals surface area contributed by atoms with Gasteiger partial charge in [-0.25, -0.2) is 9.50 Å². The van der Waals surface area contributed by atoms with Crippen LogP contribution < -0.4 is 11.1 Å². The Labute approximate surface area is 135 Å². The number of ether oxygens (including phenoxy) is 1. The maximum Gasteiger partial charge on any atom is 0.234 e. The summed E-state index contributed by atoms with van der Waals surface area (Å²) in [5.41, 5.74) is 8.62. The summed E-state index contributed by atoms with van der Waals surface area (Å²) < 4.78 is 7.91. The van der Waals surface area contributed by atoms with Crippen molar-refractivity contribution in [1.82, 2.24) is 24.8 Å². The predicted octanol–water partition coefficient (Wildman–Crippen LogP) is 0.152. The average Bonchev–Trinajstić information content (AvgIpc) is 2.75. The van der Waals surface area contributed by atoms with E-state index in [-0.39, 0.29) is 5.91 Å².